The molecule has 5 nitrogen and oxygen atoms in total. The number of hydrazone groups is 1. The fourth-order valence-corrected chi connectivity index (χ4v) is 2.67. The highest BCUT2D eigenvalue weighted by Gasteiger charge is 2.03. The molecule has 0 saturated heterocycles. The summed E-state index contributed by atoms with van der Waals surface area (Å²) in [5, 5.41) is 3.99. The van der Waals surface area contributed by atoms with E-state index < -0.39 is 0 Å². The number of ether oxygens (including phenoxy) is 1. The van der Waals surface area contributed by atoms with Crippen molar-refractivity contribution < 1.29 is 9.53 Å². The Bertz CT molecular complexity index is 733. The minimum absolute atomic E-state index is 0.0702. The molecule has 0 bridgehead atoms. The predicted octanol–water partition coefficient (Wildman–Crippen LogP) is 4.19. The van der Waals surface area contributed by atoms with Crippen LogP contribution in [0.3, 0.4) is 0 Å². The van der Waals surface area contributed by atoms with Gasteiger partial charge in [0.1, 0.15) is 5.75 Å². The smallest absolute Gasteiger partial charge is 0.277 e. The Balaban J connectivity index is 1.79. The van der Waals surface area contributed by atoms with Crippen molar-refractivity contribution >= 4 is 17.8 Å². The van der Waals surface area contributed by atoms with E-state index >= 15 is 0 Å². The number of carbonyl (C=O) groups is 1. The summed E-state index contributed by atoms with van der Waals surface area (Å²) < 4.78 is 5.48. The van der Waals surface area contributed by atoms with Gasteiger partial charge in [0.2, 0.25) is 0 Å². The number of rotatable bonds is 9. The zero-order valence-electron chi connectivity index (χ0n) is 16.6. The molecule has 144 valence electrons. The van der Waals surface area contributed by atoms with Crippen LogP contribution in [-0.4, -0.2) is 31.8 Å². The normalized spacial score (nSPS) is 11.0. The molecule has 0 saturated carbocycles. The lowest BCUT2D eigenvalue weighted by atomic mass is 10.0. The predicted molar refractivity (Wildman–Crippen MR) is 112 cm³/mol. The van der Waals surface area contributed by atoms with Gasteiger partial charge in [-0.1, -0.05) is 38.1 Å². The van der Waals surface area contributed by atoms with E-state index in [1.807, 2.05) is 36.4 Å². The number of nitrogens with one attached hydrogen (secondary N) is 1. The number of carbonyl (C=O) groups excluding carboxylic acids is 1. The standard InChI is InChI=1S/C22H29N3O2/c1-5-25(6-2)20-11-7-18(8-12-20)15-23-24-22(26)16-27-21-13-9-19(10-14-21)17(3)4/h7-15,17H,5-6,16H2,1-4H3,(H,24,26). The van der Waals surface area contributed by atoms with E-state index in [0.717, 1.165) is 18.7 Å². The summed E-state index contributed by atoms with van der Waals surface area (Å²) >= 11 is 0. The first-order chi connectivity index (χ1) is 13.0. The van der Waals surface area contributed by atoms with Crippen molar-refractivity contribution in [3.8, 4) is 5.75 Å². The molecule has 0 radical (unpaired) electrons. The molecule has 2 aromatic carbocycles. The Hall–Kier alpha value is -2.82. The number of benzene rings is 2. The van der Waals surface area contributed by atoms with Crippen LogP contribution < -0.4 is 15.1 Å². The van der Waals surface area contributed by atoms with E-state index in [0.29, 0.717) is 11.7 Å². The molecular formula is C22H29N3O2. The van der Waals surface area contributed by atoms with E-state index in [-0.39, 0.29) is 12.5 Å². The first kappa shape index (κ1) is 20.5. The maximum atomic E-state index is 11.8. The number of anilines is 1. The minimum Gasteiger partial charge on any atom is -0.484 e. The molecule has 27 heavy (non-hydrogen) atoms. The van der Waals surface area contributed by atoms with Crippen LogP contribution in [0.2, 0.25) is 0 Å². The van der Waals surface area contributed by atoms with Gasteiger partial charge in [0.15, 0.2) is 6.61 Å². The third kappa shape index (κ3) is 6.44. The summed E-state index contributed by atoms with van der Waals surface area (Å²) in [4.78, 5) is 14.1. The lowest BCUT2D eigenvalue weighted by molar-refractivity contribution is -0.123. The zero-order valence-corrected chi connectivity index (χ0v) is 16.6. The molecule has 0 heterocycles. The van der Waals surface area contributed by atoms with Crippen molar-refractivity contribution in [2.45, 2.75) is 33.6 Å². The molecule has 0 spiro atoms. The van der Waals surface area contributed by atoms with Crippen LogP contribution in [0.5, 0.6) is 5.75 Å². The maximum Gasteiger partial charge on any atom is 0.277 e. The molecule has 0 aliphatic rings. The summed E-state index contributed by atoms with van der Waals surface area (Å²) in [6.07, 6.45) is 1.63. The van der Waals surface area contributed by atoms with Crippen LogP contribution in [0.25, 0.3) is 0 Å². The van der Waals surface area contributed by atoms with E-state index in [1.54, 1.807) is 6.21 Å². The molecule has 0 fully saturated rings. The summed E-state index contributed by atoms with van der Waals surface area (Å²) in [5.74, 6) is 0.849. The first-order valence-electron chi connectivity index (χ1n) is 9.43. The second-order valence-corrected chi connectivity index (χ2v) is 6.57. The van der Waals surface area contributed by atoms with Gasteiger partial charge in [0.05, 0.1) is 6.21 Å². The largest absolute Gasteiger partial charge is 0.484 e. The average Bonchev–Trinajstić information content (AvgIpc) is 2.69. The van der Waals surface area contributed by atoms with E-state index in [9.17, 15) is 4.79 Å². The second kappa shape index (κ2) is 10.4. The Labute approximate surface area is 162 Å². The van der Waals surface area contributed by atoms with Gasteiger partial charge in [0, 0.05) is 18.8 Å². The molecule has 1 N–H and O–H groups in total. The van der Waals surface area contributed by atoms with Gasteiger partial charge in [0.25, 0.3) is 5.91 Å². The van der Waals surface area contributed by atoms with Gasteiger partial charge >= 0.3 is 0 Å². The fourth-order valence-electron chi connectivity index (χ4n) is 2.67. The number of hydrogen-bond donors (Lipinski definition) is 1. The highest BCUT2D eigenvalue weighted by molar-refractivity contribution is 5.83. The number of amides is 1. The molecule has 0 aromatic heterocycles. The Morgan fingerprint density at radius 1 is 1.07 bits per heavy atom. The van der Waals surface area contributed by atoms with Gasteiger partial charge in [-0.15, -0.1) is 0 Å². The third-order valence-corrected chi connectivity index (χ3v) is 4.34. The zero-order chi connectivity index (χ0) is 19.6. The Morgan fingerprint density at radius 2 is 1.70 bits per heavy atom. The van der Waals surface area contributed by atoms with Crippen molar-refractivity contribution in [3.05, 3.63) is 59.7 Å². The monoisotopic (exact) mass is 367 g/mol. The molecule has 1 amide bonds. The molecule has 2 aromatic rings. The van der Waals surface area contributed by atoms with Crippen molar-refractivity contribution in [3.63, 3.8) is 0 Å². The molecule has 5 heteroatoms. The van der Waals surface area contributed by atoms with E-state index in [4.69, 9.17) is 4.74 Å². The highest BCUT2D eigenvalue weighted by atomic mass is 16.5. The number of nitrogens with zero attached hydrogens (tertiary/aromatic N) is 2. The van der Waals surface area contributed by atoms with Crippen LogP contribution in [-0.2, 0) is 4.79 Å². The van der Waals surface area contributed by atoms with Gasteiger partial charge in [-0.3, -0.25) is 4.79 Å². The highest BCUT2D eigenvalue weighted by Crippen LogP contribution is 2.18. The molecule has 0 unspecified atom stereocenters. The molecule has 0 aliphatic carbocycles. The molecule has 2 rings (SSSR count). The Morgan fingerprint density at radius 3 is 2.26 bits per heavy atom. The lowest BCUT2D eigenvalue weighted by Gasteiger charge is -2.20. The second-order valence-electron chi connectivity index (χ2n) is 6.57. The topological polar surface area (TPSA) is 53.9 Å². The molecule has 0 atom stereocenters. The first-order valence-corrected chi connectivity index (χ1v) is 9.43. The van der Waals surface area contributed by atoms with Crippen molar-refractivity contribution in [1.82, 2.24) is 5.43 Å². The van der Waals surface area contributed by atoms with Crippen molar-refractivity contribution in [1.29, 1.82) is 0 Å². The van der Waals surface area contributed by atoms with Gasteiger partial charge in [-0.25, -0.2) is 5.43 Å². The van der Waals surface area contributed by atoms with Crippen molar-refractivity contribution in [2.24, 2.45) is 5.10 Å². The van der Waals surface area contributed by atoms with Gasteiger partial charge < -0.3 is 9.64 Å². The summed E-state index contributed by atoms with van der Waals surface area (Å²) in [6, 6.07) is 15.9. The van der Waals surface area contributed by atoms with E-state index in [2.05, 4.69) is 55.3 Å². The van der Waals surface area contributed by atoms with Crippen LogP contribution in [0.15, 0.2) is 53.6 Å². The summed E-state index contributed by atoms with van der Waals surface area (Å²) in [7, 11) is 0. The van der Waals surface area contributed by atoms with Crippen molar-refractivity contribution in [2.75, 3.05) is 24.6 Å². The lowest BCUT2D eigenvalue weighted by Crippen LogP contribution is -2.24. The average molecular weight is 367 g/mol. The summed E-state index contributed by atoms with van der Waals surface area (Å²) in [6.45, 7) is 10.4. The quantitative estimate of drug-likeness (QED) is 0.534. The molecular weight excluding hydrogens is 338 g/mol. The van der Waals surface area contributed by atoms with Gasteiger partial charge in [-0.05, 0) is 55.2 Å². The minimum atomic E-state index is -0.293. The van der Waals surface area contributed by atoms with E-state index in [1.165, 1.54) is 11.3 Å². The van der Waals surface area contributed by atoms with Crippen LogP contribution >= 0.6 is 0 Å². The SMILES string of the molecule is CCN(CC)c1ccc(C=NNC(=O)COc2ccc(C(C)C)cc2)cc1. The third-order valence-electron chi connectivity index (χ3n) is 4.34. The van der Waals surface area contributed by atoms with Crippen LogP contribution in [0.1, 0.15) is 44.7 Å². The summed E-state index contributed by atoms with van der Waals surface area (Å²) in [5.41, 5.74) is 5.83. The Kier molecular flexibility index (Phi) is 7.86. The molecule has 0 aliphatic heterocycles. The van der Waals surface area contributed by atoms with Gasteiger partial charge in [-0.2, -0.15) is 5.10 Å². The number of hydrogen-bond acceptors (Lipinski definition) is 4. The van der Waals surface area contributed by atoms with Crippen LogP contribution in [0, 0.1) is 0 Å². The fraction of sp³-hybridized carbons (Fsp3) is 0.364. The van der Waals surface area contributed by atoms with Crippen LogP contribution in [0.4, 0.5) is 5.69 Å². The maximum absolute atomic E-state index is 11.8.